The average molecular weight is 362 g/mol. The van der Waals surface area contributed by atoms with E-state index in [0.717, 1.165) is 16.2 Å². The molecule has 2 heterocycles. The number of ketones is 1. The van der Waals surface area contributed by atoms with Gasteiger partial charge in [-0.2, -0.15) is 0 Å². The van der Waals surface area contributed by atoms with Crippen molar-refractivity contribution in [1.29, 1.82) is 0 Å². The van der Waals surface area contributed by atoms with Gasteiger partial charge in [-0.1, -0.05) is 12.1 Å². The van der Waals surface area contributed by atoms with Crippen molar-refractivity contribution < 1.29 is 19.2 Å². The molecule has 2 aliphatic rings. The Labute approximate surface area is 156 Å². The number of rotatable bonds is 3. The lowest BCUT2D eigenvalue weighted by Crippen LogP contribution is -2.42. The number of fused-ring (bicyclic) bond motifs is 2. The summed E-state index contributed by atoms with van der Waals surface area (Å²) >= 11 is 0. The molecule has 1 atom stereocenters. The molecule has 0 saturated carbocycles. The number of carbonyl (C=O) groups excluding carboxylic acids is 4. The van der Waals surface area contributed by atoms with Crippen molar-refractivity contribution in [3.8, 4) is 0 Å². The lowest BCUT2D eigenvalue weighted by Gasteiger charge is -2.22. The van der Waals surface area contributed by atoms with Crippen LogP contribution in [0.2, 0.25) is 0 Å². The average Bonchev–Trinajstić information content (AvgIpc) is 3.20. The molecule has 27 heavy (non-hydrogen) atoms. The second-order valence-corrected chi connectivity index (χ2v) is 6.83. The molecule has 0 unspecified atom stereocenters. The van der Waals surface area contributed by atoms with Gasteiger partial charge in [0.2, 0.25) is 5.91 Å². The van der Waals surface area contributed by atoms with Crippen molar-refractivity contribution in [3.63, 3.8) is 0 Å². The Morgan fingerprint density at radius 3 is 2.22 bits per heavy atom. The summed E-state index contributed by atoms with van der Waals surface area (Å²) in [6.45, 7) is 3.67. The van der Waals surface area contributed by atoms with Crippen LogP contribution in [-0.4, -0.2) is 41.0 Å². The van der Waals surface area contributed by atoms with Gasteiger partial charge in [0.05, 0.1) is 11.1 Å². The summed E-state index contributed by atoms with van der Waals surface area (Å²) in [5.41, 5.74) is 2.82. The van der Waals surface area contributed by atoms with Gasteiger partial charge < -0.3 is 4.90 Å². The van der Waals surface area contributed by atoms with E-state index in [1.807, 2.05) is 0 Å². The lowest BCUT2D eigenvalue weighted by atomic mass is 10.0. The van der Waals surface area contributed by atoms with E-state index in [-0.39, 0.29) is 11.7 Å². The van der Waals surface area contributed by atoms with Crippen LogP contribution < -0.4 is 4.90 Å². The van der Waals surface area contributed by atoms with Crippen LogP contribution in [0.3, 0.4) is 0 Å². The summed E-state index contributed by atoms with van der Waals surface area (Å²) in [7, 11) is 0. The Morgan fingerprint density at radius 1 is 1.00 bits per heavy atom. The summed E-state index contributed by atoms with van der Waals surface area (Å²) in [6, 6.07) is 10.8. The first-order chi connectivity index (χ1) is 12.9. The Hall–Kier alpha value is -3.28. The van der Waals surface area contributed by atoms with E-state index in [0.29, 0.717) is 29.7 Å². The number of nitrogens with zero attached hydrogens (tertiary/aromatic N) is 2. The monoisotopic (exact) mass is 362 g/mol. The Kier molecular flexibility index (Phi) is 3.91. The maximum absolute atomic E-state index is 13.0. The number of benzene rings is 2. The zero-order valence-corrected chi connectivity index (χ0v) is 15.1. The maximum atomic E-state index is 13.0. The van der Waals surface area contributed by atoms with Gasteiger partial charge in [-0.25, -0.2) is 0 Å². The van der Waals surface area contributed by atoms with Gasteiger partial charge in [-0.15, -0.1) is 0 Å². The molecule has 4 rings (SSSR count). The van der Waals surface area contributed by atoms with Crippen molar-refractivity contribution in [1.82, 2.24) is 4.90 Å². The van der Waals surface area contributed by atoms with Crippen molar-refractivity contribution in [2.75, 3.05) is 11.4 Å². The Morgan fingerprint density at radius 2 is 1.63 bits per heavy atom. The second kappa shape index (κ2) is 6.16. The first-order valence-electron chi connectivity index (χ1n) is 8.82. The van der Waals surface area contributed by atoms with Crippen LogP contribution in [0.5, 0.6) is 0 Å². The summed E-state index contributed by atoms with van der Waals surface area (Å²) in [6.07, 6.45) is 0.678. The summed E-state index contributed by atoms with van der Waals surface area (Å²) in [5.74, 6) is -1.22. The molecule has 0 radical (unpaired) electrons. The van der Waals surface area contributed by atoms with Crippen LogP contribution in [-0.2, 0) is 11.2 Å². The molecule has 0 saturated heterocycles. The molecule has 0 spiro atoms. The maximum Gasteiger partial charge on any atom is 0.262 e. The van der Waals surface area contributed by atoms with Gasteiger partial charge in [-0.3, -0.25) is 24.1 Å². The largest absolute Gasteiger partial charge is 0.312 e. The van der Waals surface area contributed by atoms with Gasteiger partial charge in [0, 0.05) is 24.7 Å². The van der Waals surface area contributed by atoms with Gasteiger partial charge >= 0.3 is 0 Å². The Bertz CT molecular complexity index is 976. The minimum atomic E-state index is -0.902. The molecule has 0 N–H and O–H groups in total. The van der Waals surface area contributed by atoms with Gasteiger partial charge in [0.15, 0.2) is 5.78 Å². The molecule has 2 aliphatic heterocycles. The molecule has 136 valence electrons. The van der Waals surface area contributed by atoms with Gasteiger partial charge in [0.1, 0.15) is 6.04 Å². The van der Waals surface area contributed by atoms with E-state index in [4.69, 9.17) is 0 Å². The highest BCUT2D eigenvalue weighted by Crippen LogP contribution is 2.30. The molecule has 6 nitrogen and oxygen atoms in total. The van der Waals surface area contributed by atoms with Crippen LogP contribution in [0.25, 0.3) is 0 Å². The van der Waals surface area contributed by atoms with Crippen LogP contribution in [0, 0.1) is 0 Å². The SMILES string of the molecule is CC(=O)N1CCc2cc(C(=O)[C@@H](C)N3C(=O)c4ccccc4C3=O)ccc21. The molecule has 0 bridgehead atoms. The molecular weight excluding hydrogens is 344 g/mol. The van der Waals surface area contributed by atoms with E-state index in [2.05, 4.69) is 0 Å². The van der Waals surface area contributed by atoms with E-state index >= 15 is 0 Å². The minimum absolute atomic E-state index is 0.0350. The highest BCUT2D eigenvalue weighted by molar-refractivity contribution is 6.23. The third kappa shape index (κ3) is 2.56. The zero-order valence-electron chi connectivity index (χ0n) is 15.1. The van der Waals surface area contributed by atoms with E-state index in [1.165, 1.54) is 6.92 Å². The highest BCUT2D eigenvalue weighted by Gasteiger charge is 2.40. The van der Waals surface area contributed by atoms with Gasteiger partial charge in [0.25, 0.3) is 11.8 Å². The number of Topliss-reactive ketones (excluding diaryl/α,β-unsaturated/α-hetero) is 1. The first-order valence-corrected chi connectivity index (χ1v) is 8.82. The predicted molar refractivity (Wildman–Crippen MR) is 98.9 cm³/mol. The van der Waals surface area contributed by atoms with Crippen molar-refractivity contribution in [2.45, 2.75) is 26.3 Å². The van der Waals surface area contributed by atoms with Crippen molar-refractivity contribution in [3.05, 3.63) is 64.7 Å². The fourth-order valence-corrected chi connectivity index (χ4v) is 3.80. The first kappa shape index (κ1) is 17.1. The Balaban J connectivity index is 1.62. The molecule has 0 aliphatic carbocycles. The predicted octanol–water partition coefficient (Wildman–Crippen LogP) is 2.46. The molecule has 0 fully saturated rings. The van der Waals surface area contributed by atoms with Crippen molar-refractivity contribution >= 4 is 29.2 Å². The summed E-state index contributed by atoms with van der Waals surface area (Å²) < 4.78 is 0. The van der Waals surface area contributed by atoms with Gasteiger partial charge in [-0.05, 0) is 49.2 Å². The molecule has 0 aromatic heterocycles. The standard InChI is InChI=1S/C21H18N2O4/c1-12(23-20(26)16-5-3-4-6-17(16)21(23)27)19(25)15-7-8-18-14(11-15)9-10-22(18)13(2)24/h3-8,11-12H,9-10H2,1-2H3/t12-/m1/s1. The number of hydrogen-bond donors (Lipinski definition) is 0. The van der Waals surface area contributed by atoms with Crippen LogP contribution >= 0.6 is 0 Å². The molecule has 2 aromatic carbocycles. The third-order valence-corrected chi connectivity index (χ3v) is 5.23. The van der Waals surface area contributed by atoms with Crippen LogP contribution in [0.1, 0.15) is 50.5 Å². The topological polar surface area (TPSA) is 74.8 Å². The smallest absolute Gasteiger partial charge is 0.262 e. The normalized spacial score (nSPS) is 16.4. The fourth-order valence-electron chi connectivity index (χ4n) is 3.80. The quantitative estimate of drug-likeness (QED) is 0.621. The minimum Gasteiger partial charge on any atom is -0.312 e. The van der Waals surface area contributed by atoms with E-state index in [9.17, 15) is 19.2 Å². The zero-order chi connectivity index (χ0) is 19.3. The summed E-state index contributed by atoms with van der Waals surface area (Å²) in [4.78, 5) is 52.5. The number of anilines is 1. The fraction of sp³-hybridized carbons (Fsp3) is 0.238. The number of hydrogen-bond acceptors (Lipinski definition) is 4. The highest BCUT2D eigenvalue weighted by atomic mass is 16.2. The number of amides is 3. The molecule has 2 aromatic rings. The second-order valence-electron chi connectivity index (χ2n) is 6.83. The molecule has 3 amide bonds. The number of imide groups is 1. The summed E-state index contributed by atoms with van der Waals surface area (Å²) in [5, 5.41) is 0. The van der Waals surface area contributed by atoms with Crippen LogP contribution in [0.4, 0.5) is 5.69 Å². The lowest BCUT2D eigenvalue weighted by molar-refractivity contribution is -0.116. The van der Waals surface area contributed by atoms with E-state index in [1.54, 1.807) is 54.3 Å². The van der Waals surface area contributed by atoms with E-state index < -0.39 is 17.9 Å². The van der Waals surface area contributed by atoms with Crippen LogP contribution in [0.15, 0.2) is 42.5 Å². The molecular formula is C21H18N2O4. The third-order valence-electron chi connectivity index (χ3n) is 5.23. The van der Waals surface area contributed by atoms with Crippen molar-refractivity contribution in [2.24, 2.45) is 0 Å². The molecule has 6 heteroatoms. The number of carbonyl (C=O) groups is 4.